The summed E-state index contributed by atoms with van der Waals surface area (Å²) in [5.41, 5.74) is 7.50. The highest BCUT2D eigenvalue weighted by atomic mass is 79.9. The van der Waals surface area contributed by atoms with Crippen molar-refractivity contribution in [2.24, 2.45) is 5.92 Å². The highest BCUT2D eigenvalue weighted by molar-refractivity contribution is 9.10. The molecule has 0 radical (unpaired) electrons. The second-order valence-corrected chi connectivity index (χ2v) is 6.01. The maximum absolute atomic E-state index is 5.94. The number of hydrogen-bond acceptors (Lipinski definition) is 5. The molecule has 0 saturated carbocycles. The maximum atomic E-state index is 5.94. The summed E-state index contributed by atoms with van der Waals surface area (Å²) in [5.74, 6) is 1.05. The van der Waals surface area contributed by atoms with Gasteiger partial charge in [0.25, 0.3) is 0 Å². The Bertz CT molecular complexity index is 599. The topological polar surface area (TPSA) is 78.8 Å². The van der Waals surface area contributed by atoms with Gasteiger partial charge < -0.3 is 10.5 Å². The number of nitrogen functional groups attached to an aromatic ring is 1. The van der Waals surface area contributed by atoms with Gasteiger partial charge in [0.05, 0.1) is 12.6 Å². The van der Waals surface area contributed by atoms with Crippen LogP contribution in [0.1, 0.15) is 26.8 Å². The molecule has 0 aliphatic rings. The summed E-state index contributed by atoms with van der Waals surface area (Å²) in [6.07, 6.45) is 0. The highest BCUT2D eigenvalue weighted by Gasteiger charge is 2.22. The van der Waals surface area contributed by atoms with Gasteiger partial charge in [0.1, 0.15) is 0 Å². The van der Waals surface area contributed by atoms with E-state index in [0.29, 0.717) is 30.6 Å². The first-order chi connectivity index (χ1) is 10.0. The van der Waals surface area contributed by atoms with Gasteiger partial charge in [-0.05, 0) is 57.4 Å². The Balaban J connectivity index is 2.38. The molecule has 0 fully saturated rings. The molecule has 0 spiro atoms. The summed E-state index contributed by atoms with van der Waals surface area (Å²) < 4.78 is 8.25. The normalized spacial score (nSPS) is 12.8. The van der Waals surface area contributed by atoms with Gasteiger partial charge in [-0.15, -0.1) is 5.10 Å². The number of ether oxygens (including phenoxy) is 1. The number of anilines is 1. The van der Waals surface area contributed by atoms with Gasteiger partial charge in [-0.25, -0.2) is 4.68 Å². The lowest BCUT2D eigenvalue weighted by molar-refractivity contribution is 0.0913. The lowest BCUT2D eigenvalue weighted by atomic mass is 10.0. The van der Waals surface area contributed by atoms with Crippen LogP contribution in [-0.4, -0.2) is 33.4 Å². The largest absolute Gasteiger partial charge is 0.398 e. The molecular formula is C14H20BrN5O. The Labute approximate surface area is 132 Å². The van der Waals surface area contributed by atoms with Gasteiger partial charge in [0, 0.05) is 22.3 Å². The van der Waals surface area contributed by atoms with Gasteiger partial charge in [-0.2, -0.15) is 0 Å². The maximum Gasteiger partial charge on any atom is 0.182 e. The lowest BCUT2D eigenvalue weighted by Crippen LogP contribution is -2.23. The molecule has 0 amide bonds. The van der Waals surface area contributed by atoms with Crippen molar-refractivity contribution in [2.45, 2.75) is 26.8 Å². The van der Waals surface area contributed by atoms with Crippen molar-refractivity contribution in [2.75, 3.05) is 18.9 Å². The van der Waals surface area contributed by atoms with Crippen molar-refractivity contribution in [3.05, 3.63) is 22.7 Å². The van der Waals surface area contributed by atoms with E-state index in [0.717, 1.165) is 10.0 Å². The summed E-state index contributed by atoms with van der Waals surface area (Å²) in [6, 6.07) is 5.79. The molecule has 7 heteroatoms. The third-order valence-electron chi connectivity index (χ3n) is 3.32. The monoisotopic (exact) mass is 353 g/mol. The fourth-order valence-corrected chi connectivity index (χ4v) is 2.32. The smallest absolute Gasteiger partial charge is 0.182 e. The van der Waals surface area contributed by atoms with E-state index in [1.165, 1.54) is 0 Å². The first-order valence-corrected chi connectivity index (χ1v) is 7.74. The number of halogens is 1. The molecule has 0 aliphatic carbocycles. The van der Waals surface area contributed by atoms with E-state index in [9.17, 15) is 0 Å². The fourth-order valence-electron chi connectivity index (χ4n) is 2.07. The van der Waals surface area contributed by atoms with E-state index < -0.39 is 0 Å². The molecule has 114 valence electrons. The van der Waals surface area contributed by atoms with E-state index in [4.69, 9.17) is 10.5 Å². The van der Waals surface area contributed by atoms with Gasteiger partial charge in [0.15, 0.2) is 5.82 Å². The summed E-state index contributed by atoms with van der Waals surface area (Å²) in [7, 11) is 0. The Morgan fingerprint density at radius 2 is 2.14 bits per heavy atom. The molecule has 2 N–H and O–H groups in total. The first-order valence-electron chi connectivity index (χ1n) is 6.95. The molecule has 2 aromatic rings. The van der Waals surface area contributed by atoms with Gasteiger partial charge in [0.2, 0.25) is 0 Å². The Morgan fingerprint density at radius 3 is 2.76 bits per heavy atom. The Morgan fingerprint density at radius 1 is 1.38 bits per heavy atom. The zero-order valence-electron chi connectivity index (χ0n) is 12.5. The van der Waals surface area contributed by atoms with Crippen molar-refractivity contribution < 1.29 is 4.74 Å². The minimum atomic E-state index is 0.0832. The van der Waals surface area contributed by atoms with Crippen LogP contribution in [0.15, 0.2) is 22.7 Å². The SMILES string of the molecule is CCOCC(C(C)C)n1nnnc1-c1ccc(Br)c(N)c1. The standard InChI is InChI=1S/C14H20BrN5O/c1-4-21-8-13(9(2)3)20-14(17-18-19-20)10-5-6-11(15)12(16)7-10/h5-7,9,13H,4,8,16H2,1-3H3. The van der Waals surface area contributed by atoms with Crippen LogP contribution in [0, 0.1) is 5.92 Å². The van der Waals surface area contributed by atoms with E-state index in [2.05, 4.69) is 45.3 Å². The Kier molecular flexibility index (Phi) is 5.30. The first kappa shape index (κ1) is 15.9. The summed E-state index contributed by atoms with van der Waals surface area (Å²) in [4.78, 5) is 0. The molecule has 6 nitrogen and oxygen atoms in total. The minimum Gasteiger partial charge on any atom is -0.398 e. The lowest BCUT2D eigenvalue weighted by Gasteiger charge is -2.21. The van der Waals surface area contributed by atoms with Crippen LogP contribution in [0.5, 0.6) is 0 Å². The van der Waals surface area contributed by atoms with Crippen LogP contribution < -0.4 is 5.73 Å². The van der Waals surface area contributed by atoms with Crippen molar-refractivity contribution in [3.8, 4) is 11.4 Å². The molecule has 1 aromatic heterocycles. The molecule has 1 heterocycles. The zero-order chi connectivity index (χ0) is 15.4. The van der Waals surface area contributed by atoms with Crippen LogP contribution >= 0.6 is 15.9 Å². The number of hydrogen-bond donors (Lipinski definition) is 1. The van der Waals surface area contributed by atoms with E-state index >= 15 is 0 Å². The van der Waals surface area contributed by atoms with E-state index in [1.54, 1.807) is 0 Å². The van der Waals surface area contributed by atoms with Crippen molar-refractivity contribution in [1.29, 1.82) is 0 Å². The predicted molar refractivity (Wildman–Crippen MR) is 85.7 cm³/mol. The summed E-state index contributed by atoms with van der Waals surface area (Å²) in [6.45, 7) is 7.49. The Hall–Kier alpha value is -1.47. The number of aromatic nitrogens is 4. The van der Waals surface area contributed by atoms with Crippen LogP contribution in [-0.2, 0) is 4.74 Å². The average Bonchev–Trinajstić information content (AvgIpc) is 2.91. The van der Waals surface area contributed by atoms with Crippen LogP contribution in [0.2, 0.25) is 0 Å². The second-order valence-electron chi connectivity index (χ2n) is 5.15. The number of nitrogens with zero attached hydrogens (tertiary/aromatic N) is 4. The van der Waals surface area contributed by atoms with Gasteiger partial charge in [-0.1, -0.05) is 13.8 Å². The number of nitrogens with two attached hydrogens (primary N) is 1. The third-order valence-corrected chi connectivity index (χ3v) is 4.05. The van der Waals surface area contributed by atoms with E-state index in [-0.39, 0.29) is 6.04 Å². The number of rotatable bonds is 6. The molecule has 21 heavy (non-hydrogen) atoms. The number of tetrazole rings is 1. The molecule has 0 bridgehead atoms. The molecule has 0 aliphatic heterocycles. The van der Waals surface area contributed by atoms with Gasteiger partial charge >= 0.3 is 0 Å². The van der Waals surface area contributed by atoms with Crippen molar-refractivity contribution in [1.82, 2.24) is 20.2 Å². The van der Waals surface area contributed by atoms with Crippen molar-refractivity contribution in [3.63, 3.8) is 0 Å². The zero-order valence-corrected chi connectivity index (χ0v) is 14.0. The van der Waals surface area contributed by atoms with Crippen LogP contribution in [0.4, 0.5) is 5.69 Å². The average molecular weight is 354 g/mol. The van der Waals surface area contributed by atoms with Crippen LogP contribution in [0.3, 0.4) is 0 Å². The van der Waals surface area contributed by atoms with Crippen LogP contribution in [0.25, 0.3) is 11.4 Å². The summed E-state index contributed by atoms with van der Waals surface area (Å²) >= 11 is 3.39. The molecule has 1 aromatic carbocycles. The summed E-state index contributed by atoms with van der Waals surface area (Å²) in [5, 5.41) is 12.1. The van der Waals surface area contributed by atoms with Gasteiger partial charge in [-0.3, -0.25) is 0 Å². The predicted octanol–water partition coefficient (Wildman–Crippen LogP) is 2.92. The van der Waals surface area contributed by atoms with Crippen molar-refractivity contribution >= 4 is 21.6 Å². The third kappa shape index (κ3) is 3.59. The quantitative estimate of drug-likeness (QED) is 0.807. The molecule has 1 atom stereocenters. The molecule has 2 rings (SSSR count). The fraction of sp³-hybridized carbons (Fsp3) is 0.500. The number of benzene rings is 1. The second kappa shape index (κ2) is 7.00. The molecule has 0 saturated heterocycles. The van der Waals surface area contributed by atoms with E-state index in [1.807, 2.05) is 29.8 Å². The molecule has 1 unspecified atom stereocenters. The highest BCUT2D eigenvalue weighted by Crippen LogP contribution is 2.28. The molecular weight excluding hydrogens is 334 g/mol. The minimum absolute atomic E-state index is 0.0832.